The van der Waals surface area contributed by atoms with Gasteiger partial charge in [-0.15, -0.1) is 0 Å². The van der Waals surface area contributed by atoms with E-state index in [1.54, 1.807) is 0 Å². The van der Waals surface area contributed by atoms with Gasteiger partial charge >= 0.3 is 5.97 Å². The van der Waals surface area contributed by atoms with Gasteiger partial charge in [-0.05, 0) is 18.4 Å². The van der Waals surface area contributed by atoms with Crippen molar-refractivity contribution in [3.8, 4) is 0 Å². The Bertz CT molecular complexity index is 609. The summed E-state index contributed by atoms with van der Waals surface area (Å²) in [5.41, 5.74) is 1.44. The van der Waals surface area contributed by atoms with Crippen molar-refractivity contribution in [3.05, 3.63) is 53.2 Å². The minimum atomic E-state index is -1.05. The molecule has 21 heavy (non-hydrogen) atoms. The molecule has 4 heteroatoms. The second-order valence-corrected chi connectivity index (χ2v) is 6.18. The summed E-state index contributed by atoms with van der Waals surface area (Å²) in [6.07, 6.45) is 2.45. The largest absolute Gasteiger partial charge is 0.475 e. The molecule has 2 rings (SSSR count). The third-order valence-electron chi connectivity index (χ3n) is 3.28. The summed E-state index contributed by atoms with van der Waals surface area (Å²) in [6, 6.07) is 10.2. The Kier molecular flexibility index (Phi) is 4.46. The van der Waals surface area contributed by atoms with E-state index in [1.165, 1.54) is 5.56 Å². The second-order valence-electron chi connectivity index (χ2n) is 6.18. The van der Waals surface area contributed by atoms with E-state index < -0.39 is 5.97 Å². The minimum Gasteiger partial charge on any atom is -0.475 e. The van der Waals surface area contributed by atoms with Crippen LogP contribution in [0.25, 0.3) is 0 Å². The molecule has 0 saturated carbocycles. The molecule has 0 atom stereocenters. The number of aryl methyl sites for hydroxylation is 2. The molecule has 112 valence electrons. The number of carboxylic acid groups (broad SMARTS) is 1. The monoisotopic (exact) mass is 287 g/mol. The smallest absolute Gasteiger partial charge is 0.373 e. The van der Waals surface area contributed by atoms with Crippen LogP contribution in [0.2, 0.25) is 0 Å². The average molecular weight is 287 g/mol. The molecule has 2 aromatic rings. The summed E-state index contributed by atoms with van der Waals surface area (Å²) >= 11 is 0. The van der Waals surface area contributed by atoms with Crippen molar-refractivity contribution < 1.29 is 14.3 Å². The van der Waals surface area contributed by atoms with Gasteiger partial charge in [0.1, 0.15) is 0 Å². The first-order valence-electron chi connectivity index (χ1n) is 7.15. The number of benzene rings is 1. The van der Waals surface area contributed by atoms with E-state index in [4.69, 9.17) is 4.42 Å². The lowest BCUT2D eigenvalue weighted by Crippen LogP contribution is -2.16. The Hall–Kier alpha value is -2.10. The predicted octanol–water partition coefficient (Wildman–Crippen LogP) is 3.85. The number of aromatic nitrogens is 1. The zero-order valence-corrected chi connectivity index (χ0v) is 12.7. The fourth-order valence-electron chi connectivity index (χ4n) is 2.21. The van der Waals surface area contributed by atoms with Crippen molar-refractivity contribution in [2.75, 3.05) is 0 Å². The van der Waals surface area contributed by atoms with Crippen LogP contribution in [-0.2, 0) is 18.3 Å². The molecule has 1 aromatic heterocycles. The van der Waals surface area contributed by atoms with E-state index in [1.807, 2.05) is 39.0 Å². The van der Waals surface area contributed by atoms with Crippen LogP contribution in [0.3, 0.4) is 0 Å². The highest BCUT2D eigenvalue weighted by molar-refractivity contribution is 5.86. The van der Waals surface area contributed by atoms with E-state index in [0.717, 1.165) is 12.8 Å². The topological polar surface area (TPSA) is 63.3 Å². The molecule has 0 saturated heterocycles. The van der Waals surface area contributed by atoms with Crippen LogP contribution in [0.1, 0.15) is 54.9 Å². The van der Waals surface area contributed by atoms with Crippen LogP contribution < -0.4 is 0 Å². The molecule has 0 bridgehead atoms. The molecule has 0 fully saturated rings. The summed E-state index contributed by atoms with van der Waals surface area (Å²) in [4.78, 5) is 15.6. The van der Waals surface area contributed by atoms with Crippen molar-refractivity contribution in [3.63, 3.8) is 0 Å². The first kappa shape index (κ1) is 15.3. The lowest BCUT2D eigenvalue weighted by Gasteiger charge is -2.14. The summed E-state index contributed by atoms with van der Waals surface area (Å²) < 4.78 is 5.43. The van der Waals surface area contributed by atoms with E-state index in [9.17, 15) is 9.90 Å². The van der Waals surface area contributed by atoms with Gasteiger partial charge in [-0.2, -0.15) is 0 Å². The third-order valence-corrected chi connectivity index (χ3v) is 3.28. The zero-order chi connectivity index (χ0) is 15.5. The molecular weight excluding hydrogens is 266 g/mol. The Balaban J connectivity index is 2.06. The maximum absolute atomic E-state index is 11.2. The van der Waals surface area contributed by atoms with Crippen LogP contribution in [0.5, 0.6) is 0 Å². The summed E-state index contributed by atoms with van der Waals surface area (Å²) in [5, 5.41) is 9.21. The number of oxazole rings is 1. The molecule has 1 heterocycles. The van der Waals surface area contributed by atoms with Gasteiger partial charge in [0.15, 0.2) is 5.89 Å². The lowest BCUT2D eigenvalue weighted by molar-refractivity contribution is 0.0656. The highest BCUT2D eigenvalue weighted by Gasteiger charge is 2.28. The SMILES string of the molecule is CC(C)(C)c1nc(CCCc2ccccc2)oc1C(=O)O. The molecule has 0 radical (unpaired) electrons. The second kappa shape index (κ2) is 6.12. The molecule has 0 spiro atoms. The number of carboxylic acids is 1. The Morgan fingerprint density at radius 1 is 1.19 bits per heavy atom. The van der Waals surface area contributed by atoms with E-state index in [0.29, 0.717) is 18.0 Å². The standard InChI is InChI=1S/C17H21NO3/c1-17(2,3)15-14(16(19)20)21-13(18-15)11-7-10-12-8-5-4-6-9-12/h4-6,8-9H,7,10-11H2,1-3H3,(H,19,20). The van der Waals surface area contributed by atoms with E-state index >= 15 is 0 Å². The first-order chi connectivity index (χ1) is 9.88. The molecule has 1 N–H and O–H groups in total. The predicted molar refractivity (Wildman–Crippen MR) is 80.6 cm³/mol. The number of hydrogen-bond acceptors (Lipinski definition) is 3. The van der Waals surface area contributed by atoms with E-state index in [2.05, 4.69) is 17.1 Å². The van der Waals surface area contributed by atoms with Crippen LogP contribution >= 0.6 is 0 Å². The number of rotatable bonds is 5. The number of hydrogen-bond donors (Lipinski definition) is 1. The number of carbonyl (C=O) groups is 1. The van der Waals surface area contributed by atoms with Gasteiger partial charge in [0.05, 0.1) is 5.69 Å². The van der Waals surface area contributed by atoms with E-state index in [-0.39, 0.29) is 11.2 Å². The third kappa shape index (κ3) is 3.94. The summed E-state index contributed by atoms with van der Waals surface area (Å²) in [5.74, 6) is -0.577. The Morgan fingerprint density at radius 3 is 2.38 bits per heavy atom. The van der Waals surface area contributed by atoms with Crippen LogP contribution in [0.4, 0.5) is 0 Å². The average Bonchev–Trinajstić information content (AvgIpc) is 2.84. The molecule has 1 aromatic carbocycles. The van der Waals surface area contributed by atoms with Crippen molar-refractivity contribution in [1.82, 2.24) is 4.98 Å². The van der Waals surface area contributed by atoms with Gasteiger partial charge in [0, 0.05) is 11.8 Å². The van der Waals surface area contributed by atoms with Crippen molar-refractivity contribution in [1.29, 1.82) is 0 Å². The number of nitrogens with zero attached hydrogens (tertiary/aromatic N) is 1. The lowest BCUT2D eigenvalue weighted by atomic mass is 9.91. The molecular formula is C17H21NO3. The number of aromatic carboxylic acids is 1. The normalized spacial score (nSPS) is 11.6. The van der Waals surface area contributed by atoms with Crippen LogP contribution in [0.15, 0.2) is 34.7 Å². The van der Waals surface area contributed by atoms with Gasteiger partial charge in [0.25, 0.3) is 0 Å². The van der Waals surface area contributed by atoms with Crippen molar-refractivity contribution >= 4 is 5.97 Å². The molecule has 0 unspecified atom stereocenters. The van der Waals surface area contributed by atoms with Crippen molar-refractivity contribution in [2.45, 2.75) is 45.4 Å². The molecule has 4 nitrogen and oxygen atoms in total. The summed E-state index contributed by atoms with van der Waals surface area (Å²) in [6.45, 7) is 5.81. The maximum atomic E-state index is 11.2. The molecule has 0 aliphatic heterocycles. The van der Waals surface area contributed by atoms with Crippen molar-refractivity contribution in [2.24, 2.45) is 0 Å². The highest BCUT2D eigenvalue weighted by atomic mass is 16.4. The Labute approximate surface area is 124 Å². The fourth-order valence-corrected chi connectivity index (χ4v) is 2.21. The molecule has 0 aliphatic carbocycles. The highest BCUT2D eigenvalue weighted by Crippen LogP contribution is 2.26. The summed E-state index contributed by atoms with van der Waals surface area (Å²) in [7, 11) is 0. The van der Waals surface area contributed by atoms with Gasteiger partial charge in [-0.25, -0.2) is 9.78 Å². The van der Waals surface area contributed by atoms with Gasteiger partial charge in [-0.3, -0.25) is 0 Å². The quantitative estimate of drug-likeness (QED) is 0.907. The molecule has 0 aliphatic rings. The van der Waals surface area contributed by atoms with Gasteiger partial charge in [0.2, 0.25) is 5.76 Å². The zero-order valence-electron chi connectivity index (χ0n) is 12.7. The molecule has 0 amide bonds. The van der Waals surface area contributed by atoms with Gasteiger partial charge < -0.3 is 9.52 Å². The van der Waals surface area contributed by atoms with Gasteiger partial charge in [-0.1, -0.05) is 51.1 Å². The first-order valence-corrected chi connectivity index (χ1v) is 7.15. The van der Waals surface area contributed by atoms with Crippen LogP contribution in [-0.4, -0.2) is 16.1 Å². The Morgan fingerprint density at radius 2 is 1.86 bits per heavy atom. The maximum Gasteiger partial charge on any atom is 0.373 e. The minimum absolute atomic E-state index is 0.0304. The van der Waals surface area contributed by atoms with Crippen LogP contribution in [0, 0.1) is 0 Å². The fraction of sp³-hybridized carbons (Fsp3) is 0.412.